The van der Waals surface area contributed by atoms with Gasteiger partial charge in [-0.05, 0) is 15.9 Å². The Bertz CT molecular complexity index is 310. The Balaban J connectivity index is 3.33. The Morgan fingerprint density at radius 2 is 2.18 bits per heavy atom. The molecule has 1 aromatic rings. The van der Waals surface area contributed by atoms with E-state index in [4.69, 9.17) is 0 Å². The molecule has 1 rings (SSSR count). The Hall–Kier alpha value is -0.710. The van der Waals surface area contributed by atoms with Gasteiger partial charge in [-0.2, -0.15) is 0 Å². The quantitative estimate of drug-likeness (QED) is 0.727. The number of pyridine rings is 1. The van der Waals surface area contributed by atoms with Gasteiger partial charge in [0.1, 0.15) is 0 Å². The highest BCUT2D eigenvalue weighted by Gasteiger charge is 2.14. The van der Waals surface area contributed by atoms with E-state index in [9.17, 15) is 13.6 Å². The summed E-state index contributed by atoms with van der Waals surface area (Å²) in [6, 6.07) is 1.06. The minimum absolute atomic E-state index is 0.0417. The zero-order valence-electron chi connectivity index (χ0n) is 5.27. The third-order valence-electron chi connectivity index (χ3n) is 1.16. The summed E-state index contributed by atoms with van der Waals surface area (Å²) in [4.78, 5) is 13.2. The number of aromatic amines is 1. The average Bonchev–Trinajstić information content (AvgIpc) is 1.85. The van der Waals surface area contributed by atoms with Crippen molar-refractivity contribution in [3.8, 4) is 0 Å². The highest BCUT2D eigenvalue weighted by Crippen LogP contribution is 2.21. The van der Waals surface area contributed by atoms with Gasteiger partial charge in [0, 0.05) is 12.3 Å². The predicted molar refractivity (Wildman–Crippen MR) is 39.7 cm³/mol. The number of halogens is 3. The van der Waals surface area contributed by atoms with Crippen LogP contribution in [0, 0.1) is 0 Å². The second-order valence-corrected chi connectivity index (χ2v) is 2.66. The Kier molecular flexibility index (Phi) is 2.38. The van der Waals surface area contributed by atoms with Crippen molar-refractivity contribution in [2.75, 3.05) is 0 Å². The molecule has 5 heteroatoms. The number of alkyl halides is 2. The molecule has 0 saturated carbocycles. The van der Waals surface area contributed by atoms with Gasteiger partial charge in [-0.15, -0.1) is 0 Å². The SMILES string of the molecule is O=c1cc[nH]c(Br)c1C(F)F. The molecule has 0 amide bonds. The van der Waals surface area contributed by atoms with Crippen molar-refractivity contribution in [1.29, 1.82) is 0 Å². The van der Waals surface area contributed by atoms with E-state index in [1.54, 1.807) is 0 Å². The zero-order chi connectivity index (χ0) is 8.43. The number of hydrogen-bond acceptors (Lipinski definition) is 1. The maximum atomic E-state index is 12.0. The maximum absolute atomic E-state index is 12.0. The van der Waals surface area contributed by atoms with Gasteiger partial charge in [-0.25, -0.2) is 8.78 Å². The molecule has 2 nitrogen and oxygen atoms in total. The standard InChI is InChI=1S/C6H4BrF2NO/c7-5-4(6(8)9)3(11)1-2-10-5/h1-2,6H,(H,10,11). The number of nitrogens with one attached hydrogen (secondary N) is 1. The van der Waals surface area contributed by atoms with Crippen LogP contribution in [0.15, 0.2) is 21.7 Å². The van der Waals surface area contributed by atoms with Gasteiger partial charge in [0.2, 0.25) is 0 Å². The third kappa shape index (κ3) is 1.65. The molecule has 0 aromatic carbocycles. The molecule has 0 saturated heterocycles. The van der Waals surface area contributed by atoms with E-state index in [0.717, 1.165) is 6.07 Å². The monoisotopic (exact) mass is 223 g/mol. The molecule has 11 heavy (non-hydrogen) atoms. The first-order valence-electron chi connectivity index (χ1n) is 2.78. The van der Waals surface area contributed by atoms with Crippen LogP contribution in [0.1, 0.15) is 12.0 Å². The lowest BCUT2D eigenvalue weighted by Gasteiger charge is -1.99. The Morgan fingerprint density at radius 3 is 2.55 bits per heavy atom. The first kappa shape index (κ1) is 8.39. The summed E-state index contributed by atoms with van der Waals surface area (Å²) in [5.41, 5.74) is -1.18. The molecule has 1 N–H and O–H groups in total. The maximum Gasteiger partial charge on any atom is 0.270 e. The molecule has 0 aliphatic carbocycles. The molecule has 0 unspecified atom stereocenters. The third-order valence-corrected chi connectivity index (χ3v) is 1.82. The summed E-state index contributed by atoms with van der Waals surface area (Å²) < 4.78 is 24.1. The summed E-state index contributed by atoms with van der Waals surface area (Å²) in [5, 5.41) is 0. The van der Waals surface area contributed by atoms with Crippen LogP contribution in [0.5, 0.6) is 0 Å². The first-order valence-corrected chi connectivity index (χ1v) is 3.57. The minimum Gasteiger partial charge on any atom is -0.355 e. The van der Waals surface area contributed by atoms with Crippen LogP contribution in [-0.2, 0) is 0 Å². The van der Waals surface area contributed by atoms with Gasteiger partial charge in [0.25, 0.3) is 6.43 Å². The van der Waals surface area contributed by atoms with Crippen LogP contribution in [-0.4, -0.2) is 4.98 Å². The molecular formula is C6H4BrF2NO. The topological polar surface area (TPSA) is 32.9 Å². The molecule has 1 heterocycles. The summed E-state index contributed by atoms with van der Waals surface area (Å²) in [7, 11) is 0. The van der Waals surface area contributed by atoms with Crippen molar-refractivity contribution in [1.82, 2.24) is 4.98 Å². The molecule has 0 aliphatic rings. The molecule has 60 valence electrons. The van der Waals surface area contributed by atoms with Gasteiger partial charge in [-0.3, -0.25) is 4.79 Å². The molecule has 0 bridgehead atoms. The second-order valence-electron chi connectivity index (χ2n) is 1.87. The van der Waals surface area contributed by atoms with Crippen molar-refractivity contribution in [2.45, 2.75) is 6.43 Å². The lowest BCUT2D eigenvalue weighted by Crippen LogP contribution is -2.09. The molecule has 0 aliphatic heterocycles. The molecule has 0 radical (unpaired) electrons. The summed E-state index contributed by atoms with van der Waals surface area (Å²) in [6.07, 6.45) is -1.44. The van der Waals surface area contributed by atoms with Gasteiger partial charge < -0.3 is 4.98 Å². The summed E-state index contributed by atoms with van der Waals surface area (Å²) >= 11 is 2.81. The summed E-state index contributed by atoms with van der Waals surface area (Å²) in [5.74, 6) is 0. The van der Waals surface area contributed by atoms with E-state index in [1.807, 2.05) is 0 Å². The van der Waals surface area contributed by atoms with Crippen molar-refractivity contribution in [2.24, 2.45) is 0 Å². The normalized spacial score (nSPS) is 10.5. The molecule has 0 atom stereocenters. The zero-order valence-corrected chi connectivity index (χ0v) is 6.86. The second kappa shape index (κ2) is 3.13. The molecule has 0 fully saturated rings. The van der Waals surface area contributed by atoms with E-state index in [-0.39, 0.29) is 4.60 Å². The van der Waals surface area contributed by atoms with E-state index >= 15 is 0 Å². The van der Waals surface area contributed by atoms with Crippen molar-refractivity contribution >= 4 is 15.9 Å². The number of rotatable bonds is 1. The largest absolute Gasteiger partial charge is 0.355 e. The Labute approximate surface area is 69.4 Å². The summed E-state index contributed by atoms with van der Waals surface area (Å²) in [6.45, 7) is 0. The fourth-order valence-corrected chi connectivity index (χ4v) is 1.17. The van der Waals surface area contributed by atoms with E-state index in [0.29, 0.717) is 0 Å². The van der Waals surface area contributed by atoms with E-state index in [2.05, 4.69) is 20.9 Å². The number of hydrogen-bond donors (Lipinski definition) is 1. The van der Waals surface area contributed by atoms with Crippen LogP contribution in [0.4, 0.5) is 8.78 Å². The van der Waals surface area contributed by atoms with Crippen molar-refractivity contribution in [3.63, 3.8) is 0 Å². The molecular weight excluding hydrogens is 220 g/mol. The van der Waals surface area contributed by atoms with Crippen LogP contribution in [0.25, 0.3) is 0 Å². The molecule has 0 spiro atoms. The van der Waals surface area contributed by atoms with E-state index in [1.165, 1.54) is 6.20 Å². The van der Waals surface area contributed by atoms with Crippen LogP contribution in [0.2, 0.25) is 0 Å². The lowest BCUT2D eigenvalue weighted by atomic mass is 10.3. The van der Waals surface area contributed by atoms with Gasteiger partial charge in [0.15, 0.2) is 5.43 Å². The van der Waals surface area contributed by atoms with Crippen molar-refractivity contribution in [3.05, 3.63) is 32.7 Å². The Morgan fingerprint density at radius 1 is 1.55 bits per heavy atom. The van der Waals surface area contributed by atoms with Crippen LogP contribution < -0.4 is 5.43 Å². The molecule has 1 aromatic heterocycles. The van der Waals surface area contributed by atoms with Crippen LogP contribution >= 0.6 is 15.9 Å². The number of H-pyrrole nitrogens is 1. The smallest absolute Gasteiger partial charge is 0.270 e. The van der Waals surface area contributed by atoms with E-state index < -0.39 is 17.4 Å². The first-order chi connectivity index (χ1) is 5.13. The van der Waals surface area contributed by atoms with Crippen LogP contribution in [0.3, 0.4) is 0 Å². The fraction of sp³-hybridized carbons (Fsp3) is 0.167. The highest BCUT2D eigenvalue weighted by atomic mass is 79.9. The minimum atomic E-state index is -2.74. The lowest BCUT2D eigenvalue weighted by molar-refractivity contribution is 0.149. The van der Waals surface area contributed by atoms with Gasteiger partial charge in [0.05, 0.1) is 10.2 Å². The fourth-order valence-electron chi connectivity index (χ4n) is 0.670. The highest BCUT2D eigenvalue weighted by molar-refractivity contribution is 9.10. The van der Waals surface area contributed by atoms with Gasteiger partial charge in [-0.1, -0.05) is 0 Å². The average molecular weight is 224 g/mol. The van der Waals surface area contributed by atoms with Gasteiger partial charge >= 0.3 is 0 Å². The van der Waals surface area contributed by atoms with Crippen molar-refractivity contribution < 1.29 is 8.78 Å². The predicted octanol–water partition coefficient (Wildman–Crippen LogP) is 2.08. The number of aromatic nitrogens is 1.